The summed E-state index contributed by atoms with van der Waals surface area (Å²) in [5.41, 5.74) is 2.32. The first-order valence-corrected chi connectivity index (χ1v) is 10.4. The number of phenolic OH excluding ortho intramolecular Hbond substituents is 1. The molecule has 0 aromatic heterocycles. The van der Waals surface area contributed by atoms with Gasteiger partial charge in [-0.05, 0) is 23.3 Å². The van der Waals surface area contributed by atoms with E-state index in [1.807, 2.05) is 18.2 Å². The molecule has 178 valence electrons. The SMILES string of the molecule is COc1cc(CN2CCN(C/C=C/c3ccccc3)CC2)cc(OC)c1O.O=C(O)C(=O)O. The van der Waals surface area contributed by atoms with Crippen LogP contribution in [-0.4, -0.2) is 84.0 Å². The van der Waals surface area contributed by atoms with Gasteiger partial charge in [-0.25, -0.2) is 9.59 Å². The third-order valence-electron chi connectivity index (χ3n) is 5.07. The van der Waals surface area contributed by atoms with E-state index < -0.39 is 11.9 Å². The molecule has 1 aliphatic rings. The first-order chi connectivity index (χ1) is 15.8. The molecule has 2 aromatic rings. The maximum atomic E-state index is 10.0. The van der Waals surface area contributed by atoms with Gasteiger partial charge in [0, 0.05) is 39.3 Å². The van der Waals surface area contributed by atoms with E-state index in [0.717, 1.165) is 44.8 Å². The molecule has 0 amide bonds. The average molecular weight is 459 g/mol. The summed E-state index contributed by atoms with van der Waals surface area (Å²) in [6.07, 6.45) is 4.42. The molecule has 0 radical (unpaired) electrons. The highest BCUT2D eigenvalue weighted by molar-refractivity contribution is 6.27. The fraction of sp³-hybridized carbons (Fsp3) is 0.333. The molecule has 0 saturated carbocycles. The van der Waals surface area contributed by atoms with Crippen molar-refractivity contribution in [2.24, 2.45) is 0 Å². The Morgan fingerprint density at radius 2 is 1.42 bits per heavy atom. The van der Waals surface area contributed by atoms with Crippen molar-refractivity contribution in [2.45, 2.75) is 6.54 Å². The topological polar surface area (TPSA) is 120 Å². The van der Waals surface area contributed by atoms with E-state index in [0.29, 0.717) is 11.5 Å². The maximum Gasteiger partial charge on any atom is 0.414 e. The molecule has 0 unspecified atom stereocenters. The molecule has 1 fully saturated rings. The smallest absolute Gasteiger partial charge is 0.414 e. The van der Waals surface area contributed by atoms with E-state index in [-0.39, 0.29) is 5.75 Å². The van der Waals surface area contributed by atoms with Crippen LogP contribution in [0, 0.1) is 0 Å². The summed E-state index contributed by atoms with van der Waals surface area (Å²) in [6.45, 7) is 5.93. The van der Waals surface area contributed by atoms with E-state index in [1.165, 1.54) is 5.56 Å². The minimum absolute atomic E-state index is 0.0544. The number of benzene rings is 2. The maximum absolute atomic E-state index is 10.0. The van der Waals surface area contributed by atoms with Gasteiger partial charge in [-0.15, -0.1) is 0 Å². The molecular formula is C24H30N2O7. The number of carboxylic acid groups (broad SMARTS) is 2. The highest BCUT2D eigenvalue weighted by Crippen LogP contribution is 2.37. The highest BCUT2D eigenvalue weighted by atomic mass is 16.5. The number of carbonyl (C=O) groups is 2. The minimum Gasteiger partial charge on any atom is -0.502 e. The molecular weight excluding hydrogens is 428 g/mol. The normalized spacial score (nSPS) is 14.4. The van der Waals surface area contributed by atoms with Gasteiger partial charge < -0.3 is 24.8 Å². The van der Waals surface area contributed by atoms with Crippen LogP contribution in [0.1, 0.15) is 11.1 Å². The van der Waals surface area contributed by atoms with Gasteiger partial charge in [0.25, 0.3) is 0 Å². The quantitative estimate of drug-likeness (QED) is 0.537. The zero-order valence-electron chi connectivity index (χ0n) is 18.8. The summed E-state index contributed by atoms with van der Waals surface area (Å²) in [5, 5.41) is 24.8. The molecule has 3 N–H and O–H groups in total. The first-order valence-electron chi connectivity index (χ1n) is 10.4. The number of rotatable bonds is 7. The molecule has 33 heavy (non-hydrogen) atoms. The standard InChI is InChI=1S/C22H28N2O3.C2H2O4/c1-26-20-15-19(16-21(27-2)22(20)25)17-24-13-11-23(12-14-24)10-6-9-18-7-4-3-5-8-18;3-1(4)2(5)6/h3-9,15-16,25H,10-14,17H2,1-2H3;(H,3,4)(H,5,6)/b9-6+;. The molecule has 1 aliphatic heterocycles. The number of carboxylic acids is 2. The van der Waals surface area contributed by atoms with Gasteiger partial charge in [-0.3, -0.25) is 9.80 Å². The number of methoxy groups -OCH3 is 2. The zero-order chi connectivity index (χ0) is 24.2. The van der Waals surface area contributed by atoms with Crippen LogP contribution >= 0.6 is 0 Å². The molecule has 3 rings (SSSR count). The van der Waals surface area contributed by atoms with Crippen molar-refractivity contribution in [3.8, 4) is 17.2 Å². The number of hydrogen-bond acceptors (Lipinski definition) is 7. The molecule has 9 nitrogen and oxygen atoms in total. The lowest BCUT2D eigenvalue weighted by atomic mass is 10.1. The Balaban J connectivity index is 0.000000569. The Hall–Kier alpha value is -3.56. The average Bonchev–Trinajstić information content (AvgIpc) is 2.82. The number of piperazine rings is 1. The van der Waals surface area contributed by atoms with E-state index in [2.05, 4.69) is 46.2 Å². The van der Waals surface area contributed by atoms with Gasteiger partial charge in [0.1, 0.15) is 0 Å². The van der Waals surface area contributed by atoms with Crippen molar-refractivity contribution in [1.29, 1.82) is 0 Å². The summed E-state index contributed by atoms with van der Waals surface area (Å²) in [5.74, 6) is -2.69. The van der Waals surface area contributed by atoms with Gasteiger partial charge in [0.2, 0.25) is 5.75 Å². The number of ether oxygens (including phenoxy) is 2. The Morgan fingerprint density at radius 3 is 1.91 bits per heavy atom. The van der Waals surface area contributed by atoms with Crippen LogP contribution in [0.4, 0.5) is 0 Å². The van der Waals surface area contributed by atoms with Gasteiger partial charge in [-0.1, -0.05) is 42.5 Å². The fourth-order valence-corrected chi connectivity index (χ4v) is 3.33. The van der Waals surface area contributed by atoms with Crippen LogP contribution in [0.2, 0.25) is 0 Å². The number of hydrogen-bond donors (Lipinski definition) is 3. The predicted molar refractivity (Wildman–Crippen MR) is 124 cm³/mol. The summed E-state index contributed by atoms with van der Waals surface area (Å²) in [4.78, 5) is 23.1. The third-order valence-corrected chi connectivity index (χ3v) is 5.07. The van der Waals surface area contributed by atoms with Gasteiger partial charge in [0.15, 0.2) is 11.5 Å². The molecule has 0 spiro atoms. The van der Waals surface area contributed by atoms with E-state index >= 15 is 0 Å². The van der Waals surface area contributed by atoms with Crippen molar-refractivity contribution in [3.05, 3.63) is 59.7 Å². The van der Waals surface area contributed by atoms with Crippen LogP contribution in [0.25, 0.3) is 6.08 Å². The molecule has 0 atom stereocenters. The Labute approximate surface area is 193 Å². The Kier molecular flexibility index (Phi) is 10.2. The first kappa shape index (κ1) is 25.7. The molecule has 2 aromatic carbocycles. The van der Waals surface area contributed by atoms with Crippen molar-refractivity contribution >= 4 is 18.0 Å². The van der Waals surface area contributed by atoms with Crippen molar-refractivity contribution in [2.75, 3.05) is 46.9 Å². The van der Waals surface area contributed by atoms with E-state index in [4.69, 9.17) is 29.3 Å². The largest absolute Gasteiger partial charge is 0.502 e. The number of phenols is 1. The second kappa shape index (κ2) is 13.1. The minimum atomic E-state index is -1.82. The van der Waals surface area contributed by atoms with Gasteiger partial charge >= 0.3 is 11.9 Å². The molecule has 1 saturated heterocycles. The van der Waals surface area contributed by atoms with Crippen molar-refractivity contribution in [3.63, 3.8) is 0 Å². The second-order valence-corrected chi connectivity index (χ2v) is 7.35. The number of aromatic hydroxyl groups is 1. The van der Waals surface area contributed by atoms with Crippen LogP contribution in [-0.2, 0) is 16.1 Å². The summed E-state index contributed by atoms with van der Waals surface area (Å²) in [6, 6.07) is 14.2. The Morgan fingerprint density at radius 1 is 0.909 bits per heavy atom. The van der Waals surface area contributed by atoms with Gasteiger partial charge in [0.05, 0.1) is 14.2 Å². The monoisotopic (exact) mass is 458 g/mol. The van der Waals surface area contributed by atoms with Crippen molar-refractivity contribution in [1.82, 2.24) is 9.80 Å². The summed E-state index contributed by atoms with van der Waals surface area (Å²) in [7, 11) is 3.11. The van der Waals surface area contributed by atoms with E-state index in [9.17, 15) is 5.11 Å². The summed E-state index contributed by atoms with van der Waals surface area (Å²) < 4.78 is 10.5. The van der Waals surface area contributed by atoms with Crippen LogP contribution in [0.3, 0.4) is 0 Å². The summed E-state index contributed by atoms with van der Waals surface area (Å²) >= 11 is 0. The lowest BCUT2D eigenvalue weighted by Gasteiger charge is -2.34. The second-order valence-electron chi connectivity index (χ2n) is 7.35. The van der Waals surface area contributed by atoms with Gasteiger partial charge in [-0.2, -0.15) is 0 Å². The Bertz CT molecular complexity index is 902. The lowest BCUT2D eigenvalue weighted by molar-refractivity contribution is -0.159. The number of nitrogens with zero attached hydrogens (tertiary/aromatic N) is 2. The fourth-order valence-electron chi connectivity index (χ4n) is 3.33. The molecule has 1 heterocycles. The lowest BCUT2D eigenvalue weighted by Crippen LogP contribution is -2.45. The molecule has 9 heteroatoms. The number of aliphatic carboxylic acids is 2. The van der Waals surface area contributed by atoms with Crippen molar-refractivity contribution < 1.29 is 34.4 Å². The third kappa shape index (κ3) is 8.47. The van der Waals surface area contributed by atoms with E-state index in [1.54, 1.807) is 14.2 Å². The molecule has 0 bridgehead atoms. The predicted octanol–water partition coefficient (Wildman–Crippen LogP) is 2.40. The zero-order valence-corrected chi connectivity index (χ0v) is 18.8. The highest BCUT2D eigenvalue weighted by Gasteiger charge is 2.18. The van der Waals surface area contributed by atoms with Crippen LogP contribution in [0.5, 0.6) is 17.2 Å². The molecule has 0 aliphatic carbocycles. The van der Waals surface area contributed by atoms with Crippen LogP contribution < -0.4 is 9.47 Å². The van der Waals surface area contributed by atoms with Crippen LogP contribution in [0.15, 0.2) is 48.5 Å².